The first-order valence-corrected chi connectivity index (χ1v) is 8.13. The molecule has 0 N–H and O–H groups in total. The fraction of sp³-hybridized carbons (Fsp3) is 1.00. The van der Waals surface area contributed by atoms with Crippen LogP contribution in [0.4, 0.5) is 0 Å². The second-order valence-electron chi connectivity index (χ2n) is 5.77. The Hall–Kier alpha value is -0.120. The SMILES string of the molecule is CC.CC(C)CCOCCN1CCN(C(C)C)CC1. The maximum Gasteiger partial charge on any atom is 0.0593 e. The van der Waals surface area contributed by atoms with Gasteiger partial charge in [-0.1, -0.05) is 27.7 Å². The molecule has 0 amide bonds. The van der Waals surface area contributed by atoms with Gasteiger partial charge in [-0.3, -0.25) is 9.80 Å². The van der Waals surface area contributed by atoms with Gasteiger partial charge in [0, 0.05) is 45.4 Å². The van der Waals surface area contributed by atoms with Crippen molar-refractivity contribution in [2.45, 2.75) is 54.0 Å². The van der Waals surface area contributed by atoms with Gasteiger partial charge in [-0.2, -0.15) is 0 Å². The molecule has 0 aliphatic carbocycles. The summed E-state index contributed by atoms with van der Waals surface area (Å²) in [4.78, 5) is 5.07. The van der Waals surface area contributed by atoms with E-state index in [1.165, 1.54) is 32.6 Å². The van der Waals surface area contributed by atoms with Crippen LogP contribution in [0.2, 0.25) is 0 Å². The van der Waals surface area contributed by atoms with Crippen LogP contribution in [-0.2, 0) is 4.74 Å². The van der Waals surface area contributed by atoms with Crippen LogP contribution in [0.15, 0.2) is 0 Å². The summed E-state index contributed by atoms with van der Waals surface area (Å²) in [7, 11) is 0. The first-order chi connectivity index (χ1) is 9.09. The van der Waals surface area contributed by atoms with Gasteiger partial charge in [0.05, 0.1) is 6.61 Å². The summed E-state index contributed by atoms with van der Waals surface area (Å²) in [6.07, 6.45) is 1.18. The topological polar surface area (TPSA) is 15.7 Å². The smallest absolute Gasteiger partial charge is 0.0593 e. The zero-order valence-corrected chi connectivity index (χ0v) is 14.1. The highest BCUT2D eigenvalue weighted by atomic mass is 16.5. The Bertz CT molecular complexity index is 187. The van der Waals surface area contributed by atoms with Crippen LogP contribution in [0.5, 0.6) is 0 Å². The van der Waals surface area contributed by atoms with E-state index in [2.05, 4.69) is 37.5 Å². The van der Waals surface area contributed by atoms with E-state index in [9.17, 15) is 0 Å². The molecular weight excluding hydrogens is 236 g/mol. The van der Waals surface area contributed by atoms with Gasteiger partial charge in [0.25, 0.3) is 0 Å². The molecule has 0 bridgehead atoms. The summed E-state index contributed by atoms with van der Waals surface area (Å²) in [6.45, 7) is 20.8. The summed E-state index contributed by atoms with van der Waals surface area (Å²) in [5, 5.41) is 0. The third kappa shape index (κ3) is 9.42. The van der Waals surface area contributed by atoms with Crippen molar-refractivity contribution >= 4 is 0 Å². The molecule has 116 valence electrons. The Labute approximate surface area is 121 Å². The van der Waals surface area contributed by atoms with Gasteiger partial charge in [-0.25, -0.2) is 0 Å². The highest BCUT2D eigenvalue weighted by molar-refractivity contribution is 4.73. The number of ether oxygens (including phenoxy) is 1. The number of rotatable bonds is 7. The van der Waals surface area contributed by atoms with Gasteiger partial charge in [-0.05, 0) is 26.2 Å². The molecule has 3 nitrogen and oxygen atoms in total. The highest BCUT2D eigenvalue weighted by Crippen LogP contribution is 2.05. The Morgan fingerprint density at radius 3 is 1.95 bits per heavy atom. The largest absolute Gasteiger partial charge is 0.380 e. The lowest BCUT2D eigenvalue weighted by atomic mass is 10.1. The predicted octanol–water partition coefficient (Wildman–Crippen LogP) is 3.10. The summed E-state index contributed by atoms with van der Waals surface area (Å²) in [5.74, 6) is 0.754. The lowest BCUT2D eigenvalue weighted by Gasteiger charge is -2.36. The Morgan fingerprint density at radius 2 is 1.47 bits per heavy atom. The van der Waals surface area contributed by atoms with Gasteiger partial charge in [-0.15, -0.1) is 0 Å². The minimum atomic E-state index is 0.694. The Kier molecular flexibility index (Phi) is 11.6. The number of piperazine rings is 1. The monoisotopic (exact) mass is 272 g/mol. The Morgan fingerprint density at radius 1 is 0.895 bits per heavy atom. The molecule has 0 spiro atoms. The van der Waals surface area contributed by atoms with Crippen molar-refractivity contribution in [1.82, 2.24) is 9.80 Å². The Balaban J connectivity index is 0.00000154. The molecule has 1 heterocycles. The van der Waals surface area contributed by atoms with Crippen molar-refractivity contribution in [3.63, 3.8) is 0 Å². The summed E-state index contributed by atoms with van der Waals surface area (Å²) in [6, 6.07) is 0.694. The van der Waals surface area contributed by atoms with Crippen molar-refractivity contribution in [2.24, 2.45) is 5.92 Å². The van der Waals surface area contributed by atoms with Crippen LogP contribution in [0.25, 0.3) is 0 Å². The summed E-state index contributed by atoms with van der Waals surface area (Å²) < 4.78 is 5.67. The van der Waals surface area contributed by atoms with E-state index >= 15 is 0 Å². The third-order valence-corrected chi connectivity index (χ3v) is 3.53. The molecule has 19 heavy (non-hydrogen) atoms. The maximum absolute atomic E-state index is 5.67. The van der Waals surface area contributed by atoms with Crippen molar-refractivity contribution in [3.05, 3.63) is 0 Å². The van der Waals surface area contributed by atoms with Gasteiger partial charge in [0.1, 0.15) is 0 Å². The number of nitrogens with zero attached hydrogens (tertiary/aromatic N) is 2. The first kappa shape index (κ1) is 18.9. The van der Waals surface area contributed by atoms with Crippen LogP contribution in [-0.4, -0.2) is 61.8 Å². The molecule has 3 heteroatoms. The lowest BCUT2D eigenvalue weighted by molar-refractivity contribution is 0.0632. The average molecular weight is 272 g/mol. The molecule has 1 rings (SSSR count). The van der Waals surface area contributed by atoms with E-state index in [1.807, 2.05) is 13.8 Å². The fourth-order valence-electron chi connectivity index (χ4n) is 2.12. The lowest BCUT2D eigenvalue weighted by Crippen LogP contribution is -2.49. The van der Waals surface area contributed by atoms with Crippen LogP contribution in [0, 0.1) is 5.92 Å². The normalized spacial score (nSPS) is 17.7. The van der Waals surface area contributed by atoms with Gasteiger partial charge >= 0.3 is 0 Å². The molecule has 0 radical (unpaired) electrons. The predicted molar refractivity (Wildman–Crippen MR) is 84.8 cm³/mol. The zero-order chi connectivity index (χ0) is 14.7. The highest BCUT2D eigenvalue weighted by Gasteiger charge is 2.17. The molecule has 0 aromatic heterocycles. The fourth-order valence-corrected chi connectivity index (χ4v) is 2.12. The quantitative estimate of drug-likeness (QED) is 0.662. The first-order valence-electron chi connectivity index (χ1n) is 8.13. The average Bonchev–Trinajstić information content (AvgIpc) is 2.41. The summed E-state index contributed by atoms with van der Waals surface area (Å²) in [5.41, 5.74) is 0. The van der Waals surface area contributed by atoms with Gasteiger partial charge in [0.2, 0.25) is 0 Å². The van der Waals surface area contributed by atoms with Gasteiger partial charge in [0.15, 0.2) is 0 Å². The van der Waals surface area contributed by atoms with Crippen molar-refractivity contribution in [2.75, 3.05) is 45.9 Å². The van der Waals surface area contributed by atoms with E-state index in [0.717, 1.165) is 25.7 Å². The van der Waals surface area contributed by atoms with Crippen LogP contribution >= 0.6 is 0 Å². The summed E-state index contributed by atoms with van der Waals surface area (Å²) >= 11 is 0. The van der Waals surface area contributed by atoms with Crippen LogP contribution < -0.4 is 0 Å². The molecular formula is C16H36N2O. The number of hydrogen-bond donors (Lipinski definition) is 0. The van der Waals surface area contributed by atoms with Crippen LogP contribution in [0.3, 0.4) is 0 Å². The molecule has 0 aromatic rings. The minimum Gasteiger partial charge on any atom is -0.380 e. The van der Waals surface area contributed by atoms with E-state index in [-0.39, 0.29) is 0 Å². The molecule has 0 unspecified atom stereocenters. The molecule has 0 atom stereocenters. The molecule has 1 aliphatic heterocycles. The molecule has 1 fully saturated rings. The molecule has 1 aliphatic rings. The van der Waals surface area contributed by atoms with Crippen molar-refractivity contribution < 1.29 is 4.74 Å². The molecule has 0 saturated carbocycles. The number of hydrogen-bond acceptors (Lipinski definition) is 3. The van der Waals surface area contributed by atoms with E-state index in [1.54, 1.807) is 0 Å². The van der Waals surface area contributed by atoms with E-state index < -0.39 is 0 Å². The zero-order valence-electron chi connectivity index (χ0n) is 14.1. The minimum absolute atomic E-state index is 0.694. The third-order valence-electron chi connectivity index (χ3n) is 3.53. The second kappa shape index (κ2) is 11.7. The van der Waals surface area contributed by atoms with Crippen LogP contribution in [0.1, 0.15) is 48.0 Å². The second-order valence-corrected chi connectivity index (χ2v) is 5.77. The molecule has 0 aromatic carbocycles. The van der Waals surface area contributed by atoms with Crippen molar-refractivity contribution in [3.8, 4) is 0 Å². The van der Waals surface area contributed by atoms with E-state index in [4.69, 9.17) is 4.74 Å². The van der Waals surface area contributed by atoms with E-state index in [0.29, 0.717) is 6.04 Å². The standard InChI is InChI=1S/C14H30N2O.C2H6/c1-13(2)5-11-17-12-10-15-6-8-16(9-7-15)14(3)4;1-2/h13-14H,5-12H2,1-4H3;1-2H3. The molecule has 1 saturated heterocycles. The maximum atomic E-state index is 5.67. The van der Waals surface area contributed by atoms with Crippen molar-refractivity contribution in [1.29, 1.82) is 0 Å². The van der Waals surface area contributed by atoms with Gasteiger partial charge < -0.3 is 4.74 Å².